The highest BCUT2D eigenvalue weighted by Gasteiger charge is 2.13. The molecule has 28 heavy (non-hydrogen) atoms. The van der Waals surface area contributed by atoms with Crippen LogP contribution in [-0.2, 0) is 11.4 Å². The number of carbonyl (C=O) groups is 1. The molecule has 3 rings (SSSR count). The first-order valence-electron chi connectivity index (χ1n) is 8.31. The summed E-state index contributed by atoms with van der Waals surface area (Å²) in [6, 6.07) is 11.0. The lowest BCUT2D eigenvalue weighted by Gasteiger charge is -2.08. The molecule has 0 radical (unpaired) electrons. The lowest BCUT2D eigenvalue weighted by Crippen LogP contribution is -2.14. The van der Waals surface area contributed by atoms with E-state index in [-0.39, 0.29) is 23.5 Å². The first kappa shape index (κ1) is 20.5. The van der Waals surface area contributed by atoms with Crippen molar-refractivity contribution in [2.75, 3.05) is 11.1 Å². The fourth-order valence-electron chi connectivity index (χ4n) is 2.28. The number of thioether (sulfide) groups is 1. The van der Waals surface area contributed by atoms with Gasteiger partial charge in [0.05, 0.1) is 21.5 Å². The second kappa shape index (κ2) is 9.32. The van der Waals surface area contributed by atoms with Gasteiger partial charge in [-0.25, -0.2) is 0 Å². The molecule has 0 unspecified atom stereocenters. The maximum atomic E-state index is 12.1. The molecule has 2 aromatic carbocycles. The van der Waals surface area contributed by atoms with Gasteiger partial charge in [0, 0.05) is 0 Å². The molecule has 0 saturated heterocycles. The number of anilines is 1. The number of rotatable bonds is 7. The minimum absolute atomic E-state index is 0.0705. The van der Waals surface area contributed by atoms with E-state index in [1.807, 2.05) is 32.0 Å². The van der Waals surface area contributed by atoms with Crippen LogP contribution in [0.4, 0.5) is 5.69 Å². The minimum Gasteiger partial charge on any atom is -0.484 e. The van der Waals surface area contributed by atoms with Crippen LogP contribution in [-0.4, -0.2) is 21.9 Å². The molecule has 0 saturated carbocycles. The number of hydrogen-bond acceptors (Lipinski definition) is 6. The van der Waals surface area contributed by atoms with Crippen LogP contribution in [0.2, 0.25) is 10.0 Å². The molecular weight excluding hydrogens is 421 g/mol. The predicted molar refractivity (Wildman–Crippen MR) is 110 cm³/mol. The van der Waals surface area contributed by atoms with E-state index in [1.165, 1.54) is 0 Å². The second-order valence-corrected chi connectivity index (χ2v) is 7.69. The molecule has 0 aliphatic heterocycles. The fourth-order valence-corrected chi connectivity index (χ4v) is 3.35. The van der Waals surface area contributed by atoms with Crippen molar-refractivity contribution in [2.24, 2.45) is 0 Å². The Labute approximate surface area is 176 Å². The van der Waals surface area contributed by atoms with Crippen LogP contribution in [0.1, 0.15) is 17.0 Å². The molecule has 0 atom stereocenters. The van der Waals surface area contributed by atoms with E-state index in [2.05, 4.69) is 15.5 Å². The van der Waals surface area contributed by atoms with E-state index in [9.17, 15) is 4.79 Å². The van der Waals surface area contributed by atoms with Crippen LogP contribution >= 0.6 is 35.0 Å². The Morgan fingerprint density at radius 1 is 1.18 bits per heavy atom. The van der Waals surface area contributed by atoms with Crippen LogP contribution in [0.15, 0.2) is 46.0 Å². The van der Waals surface area contributed by atoms with Gasteiger partial charge in [-0.2, -0.15) is 0 Å². The molecule has 0 aliphatic carbocycles. The van der Waals surface area contributed by atoms with E-state index < -0.39 is 0 Å². The van der Waals surface area contributed by atoms with Crippen molar-refractivity contribution in [1.82, 2.24) is 10.2 Å². The van der Waals surface area contributed by atoms with Crippen molar-refractivity contribution in [2.45, 2.75) is 25.7 Å². The van der Waals surface area contributed by atoms with Gasteiger partial charge in [0.2, 0.25) is 5.91 Å². The Hall–Kier alpha value is -2.22. The third-order valence-electron chi connectivity index (χ3n) is 3.70. The zero-order chi connectivity index (χ0) is 20.1. The van der Waals surface area contributed by atoms with Crippen LogP contribution < -0.4 is 10.1 Å². The molecular formula is C19H17Cl2N3O3S. The standard InChI is InChI=1S/C19H17Cl2N3O3S/c1-11-6-7-12(2)15(8-11)26-9-17-23-24-19(27-17)28-10-16(25)22-18-13(20)4-3-5-14(18)21/h3-8H,9-10H2,1-2H3,(H,22,25). The molecule has 0 aliphatic rings. The first-order chi connectivity index (χ1) is 13.4. The monoisotopic (exact) mass is 437 g/mol. The summed E-state index contributed by atoms with van der Waals surface area (Å²) in [5.41, 5.74) is 2.51. The summed E-state index contributed by atoms with van der Waals surface area (Å²) in [5, 5.41) is 11.5. The molecule has 3 aromatic rings. The van der Waals surface area contributed by atoms with Gasteiger partial charge in [-0.15, -0.1) is 10.2 Å². The number of nitrogens with one attached hydrogen (secondary N) is 1. The average molecular weight is 438 g/mol. The summed E-state index contributed by atoms with van der Waals surface area (Å²) in [7, 11) is 0. The SMILES string of the molecule is Cc1ccc(C)c(OCc2nnc(SCC(=O)Nc3c(Cl)cccc3Cl)o2)c1. The molecule has 146 valence electrons. The van der Waals surface area contributed by atoms with Crippen molar-refractivity contribution in [3.63, 3.8) is 0 Å². The Bertz CT molecular complexity index is 974. The van der Waals surface area contributed by atoms with Crippen molar-refractivity contribution in [3.05, 3.63) is 63.5 Å². The fraction of sp³-hybridized carbons (Fsp3) is 0.211. The van der Waals surface area contributed by atoms with Crippen molar-refractivity contribution < 1.29 is 13.9 Å². The lowest BCUT2D eigenvalue weighted by atomic mass is 10.1. The van der Waals surface area contributed by atoms with E-state index in [0.717, 1.165) is 28.6 Å². The molecule has 9 heteroatoms. The maximum absolute atomic E-state index is 12.1. The van der Waals surface area contributed by atoms with Crippen LogP contribution in [0.25, 0.3) is 0 Å². The van der Waals surface area contributed by atoms with Gasteiger partial charge in [0.1, 0.15) is 5.75 Å². The second-order valence-electron chi connectivity index (χ2n) is 5.95. The maximum Gasteiger partial charge on any atom is 0.277 e. The number of para-hydroxylation sites is 1. The number of ether oxygens (including phenoxy) is 1. The molecule has 0 spiro atoms. The predicted octanol–water partition coefficient (Wildman–Crippen LogP) is 5.30. The molecule has 0 bridgehead atoms. The summed E-state index contributed by atoms with van der Waals surface area (Å²) < 4.78 is 11.2. The minimum atomic E-state index is -0.286. The van der Waals surface area contributed by atoms with Crippen LogP contribution in [0.3, 0.4) is 0 Å². The molecule has 0 fully saturated rings. The number of amides is 1. The van der Waals surface area contributed by atoms with Gasteiger partial charge in [-0.05, 0) is 43.2 Å². The van der Waals surface area contributed by atoms with Crippen molar-refractivity contribution in [1.29, 1.82) is 0 Å². The molecule has 1 heterocycles. The van der Waals surface area contributed by atoms with Gasteiger partial charge in [0.25, 0.3) is 11.1 Å². The highest BCUT2D eigenvalue weighted by atomic mass is 35.5. The molecule has 1 aromatic heterocycles. The first-order valence-corrected chi connectivity index (χ1v) is 10.1. The summed E-state index contributed by atoms with van der Waals surface area (Å²) in [5.74, 6) is 0.883. The zero-order valence-electron chi connectivity index (χ0n) is 15.2. The number of aromatic nitrogens is 2. The van der Waals surface area contributed by atoms with E-state index in [1.54, 1.807) is 18.2 Å². The van der Waals surface area contributed by atoms with Crippen molar-refractivity contribution >= 4 is 46.6 Å². The molecule has 1 amide bonds. The number of hydrogen-bond donors (Lipinski definition) is 1. The van der Waals surface area contributed by atoms with E-state index >= 15 is 0 Å². The summed E-state index contributed by atoms with van der Waals surface area (Å²) >= 11 is 13.2. The largest absolute Gasteiger partial charge is 0.484 e. The Balaban J connectivity index is 1.52. The highest BCUT2D eigenvalue weighted by Crippen LogP contribution is 2.30. The van der Waals surface area contributed by atoms with Gasteiger partial charge in [-0.1, -0.05) is 53.2 Å². The Morgan fingerprint density at radius 2 is 1.93 bits per heavy atom. The quantitative estimate of drug-likeness (QED) is 0.505. The third kappa shape index (κ3) is 5.41. The average Bonchev–Trinajstić information content (AvgIpc) is 3.12. The number of benzene rings is 2. The molecule has 6 nitrogen and oxygen atoms in total. The van der Waals surface area contributed by atoms with E-state index in [0.29, 0.717) is 21.6 Å². The van der Waals surface area contributed by atoms with Crippen molar-refractivity contribution in [3.8, 4) is 5.75 Å². The van der Waals surface area contributed by atoms with Crippen LogP contribution in [0, 0.1) is 13.8 Å². The third-order valence-corrected chi connectivity index (χ3v) is 5.15. The summed E-state index contributed by atoms with van der Waals surface area (Å²) in [6.45, 7) is 4.11. The Morgan fingerprint density at radius 3 is 2.68 bits per heavy atom. The summed E-state index contributed by atoms with van der Waals surface area (Å²) in [4.78, 5) is 12.1. The normalized spacial score (nSPS) is 10.7. The lowest BCUT2D eigenvalue weighted by molar-refractivity contribution is -0.113. The van der Waals surface area contributed by atoms with Gasteiger partial charge in [0.15, 0.2) is 6.61 Å². The topological polar surface area (TPSA) is 77.2 Å². The van der Waals surface area contributed by atoms with Gasteiger partial charge in [-0.3, -0.25) is 4.79 Å². The number of halogens is 2. The van der Waals surface area contributed by atoms with Gasteiger partial charge >= 0.3 is 0 Å². The number of nitrogens with zero attached hydrogens (tertiary/aromatic N) is 2. The highest BCUT2D eigenvalue weighted by molar-refractivity contribution is 7.99. The smallest absolute Gasteiger partial charge is 0.277 e. The summed E-state index contributed by atoms with van der Waals surface area (Å²) in [6.07, 6.45) is 0. The zero-order valence-corrected chi connectivity index (χ0v) is 17.5. The number of carbonyl (C=O) groups excluding carboxylic acids is 1. The van der Waals surface area contributed by atoms with Gasteiger partial charge < -0.3 is 14.5 Å². The number of aryl methyl sites for hydroxylation is 2. The van der Waals surface area contributed by atoms with E-state index in [4.69, 9.17) is 32.4 Å². The van der Waals surface area contributed by atoms with Crippen LogP contribution in [0.5, 0.6) is 5.75 Å². The Kier molecular flexibility index (Phi) is 6.83. The molecule has 1 N–H and O–H groups in total.